The fourth-order valence-corrected chi connectivity index (χ4v) is 4.13. The Bertz CT molecular complexity index is 1040. The molecule has 0 spiro atoms. The lowest BCUT2D eigenvalue weighted by atomic mass is 9.99. The fraction of sp³-hybridized carbons (Fsp3) is 0.316. The molecule has 0 bridgehead atoms. The predicted molar refractivity (Wildman–Crippen MR) is 110 cm³/mol. The van der Waals surface area contributed by atoms with Crippen molar-refractivity contribution in [1.29, 1.82) is 5.26 Å². The van der Waals surface area contributed by atoms with Crippen LogP contribution in [0.1, 0.15) is 5.56 Å². The highest BCUT2D eigenvalue weighted by Crippen LogP contribution is 2.48. The van der Waals surface area contributed by atoms with Gasteiger partial charge in [0, 0.05) is 0 Å². The van der Waals surface area contributed by atoms with E-state index in [1.54, 1.807) is 36.4 Å². The molecule has 3 rings (SSSR count). The minimum Gasteiger partial charge on any atom is -0.460 e. The first-order valence-corrected chi connectivity index (χ1v) is 11.3. The maximum absolute atomic E-state index is 12.2. The number of aliphatic hydroxyl groups excluding tert-OH is 3. The Morgan fingerprint density at radius 1 is 1.09 bits per heavy atom. The van der Waals surface area contributed by atoms with Crippen LogP contribution < -0.4 is 16.5 Å². The van der Waals surface area contributed by atoms with E-state index in [2.05, 4.69) is 21.0 Å². The van der Waals surface area contributed by atoms with Gasteiger partial charge in [-0.3, -0.25) is 4.52 Å². The molecule has 12 nitrogen and oxygen atoms in total. The SMILES string of the molecule is N#Cc1ccc(-c2ccc(O[C@H]3O[C@H](CO)[C@@H](O)[C@H](OP(=O)(O[NH3+])O[NH3+])[C@@H]3O)c(Cl)c2)cc1. The van der Waals surface area contributed by atoms with Gasteiger partial charge in [0.05, 0.1) is 23.3 Å². The van der Waals surface area contributed by atoms with Crippen LogP contribution in [0.4, 0.5) is 0 Å². The number of benzene rings is 2. The number of quaternary nitrogens is 2. The summed E-state index contributed by atoms with van der Waals surface area (Å²) in [6, 6.07) is 13.8. The van der Waals surface area contributed by atoms with Crippen molar-refractivity contribution in [2.75, 3.05) is 6.61 Å². The molecule has 0 amide bonds. The molecule has 2 aromatic carbocycles. The van der Waals surface area contributed by atoms with Gasteiger partial charge in [-0.05, 0) is 35.4 Å². The summed E-state index contributed by atoms with van der Waals surface area (Å²) in [5, 5.41) is 39.6. The van der Waals surface area contributed by atoms with Crippen LogP contribution >= 0.6 is 19.4 Å². The van der Waals surface area contributed by atoms with Gasteiger partial charge >= 0.3 is 7.82 Å². The molecule has 14 heteroatoms. The first-order chi connectivity index (χ1) is 15.7. The lowest BCUT2D eigenvalue weighted by Gasteiger charge is -2.41. The average molecular weight is 504 g/mol. The highest BCUT2D eigenvalue weighted by molar-refractivity contribution is 7.48. The van der Waals surface area contributed by atoms with E-state index in [0.717, 1.165) is 11.1 Å². The van der Waals surface area contributed by atoms with Gasteiger partial charge in [0.25, 0.3) is 0 Å². The minimum absolute atomic E-state index is 0.120. The molecule has 5 atom stereocenters. The van der Waals surface area contributed by atoms with Crippen molar-refractivity contribution < 1.29 is 54.9 Å². The fourth-order valence-electron chi connectivity index (χ4n) is 3.16. The highest BCUT2D eigenvalue weighted by atomic mass is 35.5. The number of hydrogen-bond donors (Lipinski definition) is 5. The molecule has 1 fully saturated rings. The molecule has 0 unspecified atom stereocenters. The van der Waals surface area contributed by atoms with Crippen LogP contribution in [-0.2, 0) is 23.1 Å². The predicted octanol–water partition coefficient (Wildman–Crippen LogP) is -0.463. The van der Waals surface area contributed by atoms with Gasteiger partial charge in [-0.1, -0.05) is 39.0 Å². The van der Waals surface area contributed by atoms with Crippen LogP contribution in [0.3, 0.4) is 0 Å². The number of phosphoric acid groups is 1. The third-order valence-corrected chi connectivity index (χ3v) is 6.34. The number of ether oxygens (including phenoxy) is 2. The molecule has 0 aliphatic carbocycles. The van der Waals surface area contributed by atoms with Crippen molar-refractivity contribution in [2.45, 2.75) is 30.7 Å². The van der Waals surface area contributed by atoms with Gasteiger partial charge in [-0.15, -0.1) is 0 Å². The first kappa shape index (κ1) is 25.5. The van der Waals surface area contributed by atoms with E-state index < -0.39 is 45.1 Å². The van der Waals surface area contributed by atoms with Gasteiger partial charge in [0.1, 0.15) is 30.2 Å². The molecule has 9 N–H and O–H groups in total. The van der Waals surface area contributed by atoms with E-state index in [-0.39, 0.29) is 10.8 Å². The summed E-state index contributed by atoms with van der Waals surface area (Å²) >= 11 is 6.35. The van der Waals surface area contributed by atoms with Gasteiger partial charge in [-0.2, -0.15) is 5.26 Å². The molecule has 0 saturated carbocycles. The normalized spacial score (nSPS) is 25.4. The number of rotatable bonds is 8. The number of halogens is 1. The Morgan fingerprint density at radius 3 is 2.27 bits per heavy atom. The molecule has 0 aromatic heterocycles. The van der Waals surface area contributed by atoms with Crippen LogP contribution in [0, 0.1) is 11.3 Å². The van der Waals surface area contributed by atoms with Crippen molar-refractivity contribution >= 4 is 19.4 Å². The topological polar surface area (TPSA) is 203 Å². The number of hydrogen-bond acceptors (Lipinski definition) is 10. The van der Waals surface area contributed by atoms with E-state index in [4.69, 9.17) is 30.9 Å². The maximum atomic E-state index is 12.2. The van der Waals surface area contributed by atoms with Crippen LogP contribution in [0.5, 0.6) is 5.75 Å². The van der Waals surface area contributed by atoms with Crippen LogP contribution in [-0.4, -0.2) is 52.6 Å². The van der Waals surface area contributed by atoms with Crippen LogP contribution in [0.15, 0.2) is 42.5 Å². The average Bonchev–Trinajstić information content (AvgIpc) is 2.84. The van der Waals surface area contributed by atoms with Gasteiger partial charge in [0.2, 0.25) is 6.29 Å². The summed E-state index contributed by atoms with van der Waals surface area (Å²) in [5.41, 5.74) is 2.07. The van der Waals surface area contributed by atoms with Crippen molar-refractivity contribution in [1.82, 2.24) is 0 Å². The summed E-state index contributed by atoms with van der Waals surface area (Å²) in [4.78, 5) is 0. The zero-order valence-electron chi connectivity index (χ0n) is 17.1. The second-order valence-electron chi connectivity index (χ2n) is 6.93. The second kappa shape index (κ2) is 10.9. The Kier molecular flexibility index (Phi) is 8.41. The van der Waals surface area contributed by atoms with E-state index in [1.165, 1.54) is 6.07 Å². The maximum Gasteiger partial charge on any atom is 0.567 e. The van der Waals surface area contributed by atoms with E-state index >= 15 is 0 Å². The first-order valence-electron chi connectivity index (χ1n) is 9.50. The number of nitrogens with zero attached hydrogens (tertiary/aromatic N) is 1. The molecule has 1 saturated heterocycles. The quantitative estimate of drug-likeness (QED) is 0.231. The van der Waals surface area contributed by atoms with Crippen LogP contribution in [0.2, 0.25) is 5.02 Å². The van der Waals surface area contributed by atoms with Crippen molar-refractivity contribution in [3.63, 3.8) is 0 Å². The van der Waals surface area contributed by atoms with Gasteiger partial charge in [-0.25, -0.2) is 16.4 Å². The van der Waals surface area contributed by atoms with Crippen molar-refractivity contribution in [3.8, 4) is 22.9 Å². The van der Waals surface area contributed by atoms with E-state index in [0.29, 0.717) is 5.56 Å². The molecule has 33 heavy (non-hydrogen) atoms. The summed E-state index contributed by atoms with van der Waals surface area (Å²) in [7, 11) is -4.31. The summed E-state index contributed by atoms with van der Waals surface area (Å²) in [6.45, 7) is -0.667. The lowest BCUT2D eigenvalue weighted by Crippen LogP contribution is -2.62. The largest absolute Gasteiger partial charge is 0.567 e. The Labute approximate surface area is 193 Å². The lowest BCUT2D eigenvalue weighted by molar-refractivity contribution is -0.684. The minimum atomic E-state index is -4.31. The molecule has 2 aromatic rings. The molecule has 178 valence electrons. The third kappa shape index (κ3) is 5.70. The van der Waals surface area contributed by atoms with E-state index in [9.17, 15) is 19.9 Å². The van der Waals surface area contributed by atoms with Crippen LogP contribution in [0.25, 0.3) is 11.1 Å². The number of aliphatic hydroxyl groups is 3. The second-order valence-corrected chi connectivity index (χ2v) is 8.96. The molecule has 1 aliphatic rings. The zero-order valence-corrected chi connectivity index (χ0v) is 18.8. The smallest absolute Gasteiger partial charge is 0.460 e. The monoisotopic (exact) mass is 503 g/mol. The Balaban J connectivity index is 1.82. The van der Waals surface area contributed by atoms with Crippen molar-refractivity contribution in [2.24, 2.45) is 0 Å². The molecule has 0 radical (unpaired) electrons. The Hall–Kier alpha value is -2.11. The van der Waals surface area contributed by atoms with Gasteiger partial charge < -0.3 is 24.8 Å². The Morgan fingerprint density at radius 2 is 1.73 bits per heavy atom. The van der Waals surface area contributed by atoms with Gasteiger partial charge in [0.15, 0.2) is 0 Å². The summed E-state index contributed by atoms with van der Waals surface area (Å²) in [6.07, 6.45) is -7.65. The standard InChI is InChI=1S/C19H23ClN3O9P/c20-13-7-12(11-3-1-10(8-21)2-4-11)5-6-14(13)28-19-17(26)18(16(25)15(9-24)29-19)30-33(27,31-22)32-23/h1-7,15-19,24-26H,9H2,22-23H3/q+2/t15-,16-,17+,18+,19+/m1/s1. The number of nitriles is 1. The van der Waals surface area contributed by atoms with E-state index in [1.807, 2.05) is 6.07 Å². The molecular formula is C19H23ClN3O9P+2. The molecular weight excluding hydrogens is 481 g/mol. The molecule has 1 heterocycles. The van der Waals surface area contributed by atoms with Crippen molar-refractivity contribution in [3.05, 3.63) is 53.1 Å². The zero-order chi connectivity index (χ0) is 24.2. The third-order valence-electron chi connectivity index (χ3n) is 4.91. The summed E-state index contributed by atoms with van der Waals surface area (Å²) in [5.74, 6) is 6.05. The molecule has 1 aliphatic heterocycles. The highest BCUT2D eigenvalue weighted by Gasteiger charge is 2.51. The summed E-state index contributed by atoms with van der Waals surface area (Å²) < 4.78 is 37.2.